The van der Waals surface area contributed by atoms with Gasteiger partial charge in [0.2, 0.25) is 0 Å². The first-order chi connectivity index (χ1) is 9.54. The van der Waals surface area contributed by atoms with Crippen molar-refractivity contribution >= 4 is 11.6 Å². The molecule has 0 saturated carbocycles. The lowest BCUT2D eigenvalue weighted by atomic mass is 10.2. The second-order valence-electron chi connectivity index (χ2n) is 4.32. The van der Waals surface area contributed by atoms with E-state index >= 15 is 0 Å². The SMILES string of the molecule is Cc1cc(O)cc(OCC(=O)Nc2ccccc2F)c1. The molecule has 2 aromatic carbocycles. The molecule has 0 aliphatic rings. The Kier molecular flexibility index (Phi) is 4.20. The van der Waals surface area contributed by atoms with Crippen LogP contribution in [0.2, 0.25) is 0 Å². The molecule has 0 bridgehead atoms. The summed E-state index contributed by atoms with van der Waals surface area (Å²) in [6.45, 7) is 1.53. The molecule has 2 N–H and O–H groups in total. The number of rotatable bonds is 4. The summed E-state index contributed by atoms with van der Waals surface area (Å²) in [5.41, 5.74) is 0.919. The summed E-state index contributed by atoms with van der Waals surface area (Å²) in [5.74, 6) is -0.536. The number of carbonyl (C=O) groups is 1. The molecule has 2 rings (SSSR count). The zero-order chi connectivity index (χ0) is 14.5. The Labute approximate surface area is 115 Å². The lowest BCUT2D eigenvalue weighted by molar-refractivity contribution is -0.118. The largest absolute Gasteiger partial charge is 0.508 e. The van der Waals surface area contributed by atoms with Crippen molar-refractivity contribution in [3.63, 3.8) is 0 Å². The van der Waals surface area contributed by atoms with Crippen molar-refractivity contribution in [1.29, 1.82) is 0 Å². The number of carbonyl (C=O) groups excluding carboxylic acids is 1. The number of aromatic hydroxyl groups is 1. The van der Waals surface area contributed by atoms with E-state index in [1.165, 1.54) is 24.3 Å². The molecule has 1 amide bonds. The molecule has 0 atom stereocenters. The number of phenols is 1. The molecule has 104 valence electrons. The number of aryl methyl sites for hydroxylation is 1. The molecule has 0 saturated heterocycles. The summed E-state index contributed by atoms with van der Waals surface area (Å²) in [5, 5.41) is 11.8. The summed E-state index contributed by atoms with van der Waals surface area (Å²) in [6.07, 6.45) is 0. The van der Waals surface area contributed by atoms with Crippen LogP contribution in [-0.4, -0.2) is 17.6 Å². The van der Waals surface area contributed by atoms with E-state index < -0.39 is 11.7 Å². The lowest BCUT2D eigenvalue weighted by Gasteiger charge is -2.09. The number of hydrogen-bond donors (Lipinski definition) is 2. The number of benzene rings is 2. The van der Waals surface area contributed by atoms with Gasteiger partial charge >= 0.3 is 0 Å². The quantitative estimate of drug-likeness (QED) is 0.902. The van der Waals surface area contributed by atoms with Gasteiger partial charge in [0.25, 0.3) is 5.91 Å². The molecular formula is C15H14FNO3. The van der Waals surface area contributed by atoms with E-state index in [0.29, 0.717) is 5.75 Å². The maximum atomic E-state index is 13.3. The third-order valence-corrected chi connectivity index (χ3v) is 2.55. The fourth-order valence-electron chi connectivity index (χ4n) is 1.71. The molecule has 4 nitrogen and oxygen atoms in total. The van der Waals surface area contributed by atoms with Gasteiger partial charge in [-0.05, 0) is 36.8 Å². The Hall–Kier alpha value is -2.56. The number of ether oxygens (including phenoxy) is 1. The minimum Gasteiger partial charge on any atom is -0.508 e. The number of halogens is 1. The van der Waals surface area contributed by atoms with Gasteiger partial charge in [0.05, 0.1) is 5.69 Å². The van der Waals surface area contributed by atoms with Crippen molar-refractivity contribution < 1.29 is 19.0 Å². The monoisotopic (exact) mass is 275 g/mol. The first kappa shape index (κ1) is 13.9. The molecule has 0 aliphatic carbocycles. The number of hydrogen-bond acceptors (Lipinski definition) is 3. The third kappa shape index (κ3) is 3.71. The summed E-state index contributed by atoms with van der Waals surface area (Å²) < 4.78 is 18.6. The van der Waals surface area contributed by atoms with E-state index in [-0.39, 0.29) is 18.0 Å². The predicted octanol–water partition coefficient (Wildman–Crippen LogP) is 2.86. The summed E-state index contributed by atoms with van der Waals surface area (Å²) in [7, 11) is 0. The molecule has 0 radical (unpaired) electrons. The topological polar surface area (TPSA) is 58.6 Å². The van der Waals surface area contributed by atoms with Gasteiger partial charge in [0.15, 0.2) is 6.61 Å². The highest BCUT2D eigenvalue weighted by Crippen LogP contribution is 2.21. The minimum absolute atomic E-state index is 0.0644. The van der Waals surface area contributed by atoms with Gasteiger partial charge in [-0.1, -0.05) is 12.1 Å². The minimum atomic E-state index is -0.506. The van der Waals surface area contributed by atoms with Gasteiger partial charge in [-0.3, -0.25) is 4.79 Å². The van der Waals surface area contributed by atoms with Gasteiger partial charge in [0, 0.05) is 6.07 Å². The normalized spacial score (nSPS) is 10.1. The first-order valence-corrected chi connectivity index (χ1v) is 6.02. The predicted molar refractivity (Wildman–Crippen MR) is 73.4 cm³/mol. The number of anilines is 1. The number of para-hydroxylation sites is 1. The van der Waals surface area contributed by atoms with Crippen LogP contribution in [0.3, 0.4) is 0 Å². The third-order valence-electron chi connectivity index (χ3n) is 2.55. The highest BCUT2D eigenvalue weighted by Gasteiger charge is 2.07. The van der Waals surface area contributed by atoms with E-state index in [1.807, 2.05) is 0 Å². The van der Waals surface area contributed by atoms with Crippen molar-refractivity contribution in [2.75, 3.05) is 11.9 Å². The zero-order valence-electron chi connectivity index (χ0n) is 10.9. The summed E-state index contributed by atoms with van der Waals surface area (Å²) >= 11 is 0. The standard InChI is InChI=1S/C15H14FNO3/c1-10-6-11(18)8-12(7-10)20-9-15(19)17-14-5-3-2-4-13(14)16/h2-8,18H,9H2,1H3,(H,17,19). The van der Waals surface area contributed by atoms with Gasteiger partial charge < -0.3 is 15.2 Å². The van der Waals surface area contributed by atoms with Crippen LogP contribution < -0.4 is 10.1 Å². The number of nitrogens with one attached hydrogen (secondary N) is 1. The molecule has 0 aromatic heterocycles. The Morgan fingerprint density at radius 1 is 1.30 bits per heavy atom. The summed E-state index contributed by atoms with van der Waals surface area (Å²) in [6, 6.07) is 10.6. The lowest BCUT2D eigenvalue weighted by Crippen LogP contribution is -2.20. The van der Waals surface area contributed by atoms with Crippen molar-refractivity contribution in [2.45, 2.75) is 6.92 Å². The van der Waals surface area contributed by atoms with Crippen LogP contribution in [0.5, 0.6) is 11.5 Å². The smallest absolute Gasteiger partial charge is 0.262 e. The Balaban J connectivity index is 1.94. The molecule has 0 spiro atoms. The molecule has 20 heavy (non-hydrogen) atoms. The summed E-state index contributed by atoms with van der Waals surface area (Å²) in [4.78, 5) is 11.6. The zero-order valence-corrected chi connectivity index (χ0v) is 10.9. The van der Waals surface area contributed by atoms with Crippen LogP contribution in [-0.2, 0) is 4.79 Å². The highest BCUT2D eigenvalue weighted by atomic mass is 19.1. The molecular weight excluding hydrogens is 261 g/mol. The molecule has 5 heteroatoms. The van der Waals surface area contributed by atoms with E-state index in [9.17, 15) is 14.3 Å². The molecule has 0 unspecified atom stereocenters. The van der Waals surface area contributed by atoms with Gasteiger partial charge in [-0.25, -0.2) is 4.39 Å². The Morgan fingerprint density at radius 3 is 2.75 bits per heavy atom. The van der Waals surface area contributed by atoms with Gasteiger partial charge in [-0.15, -0.1) is 0 Å². The van der Waals surface area contributed by atoms with Gasteiger partial charge in [0.1, 0.15) is 17.3 Å². The number of phenolic OH excluding ortho intramolecular Hbond substituents is 1. The maximum absolute atomic E-state index is 13.3. The van der Waals surface area contributed by atoms with Crippen molar-refractivity contribution in [3.8, 4) is 11.5 Å². The van der Waals surface area contributed by atoms with Gasteiger partial charge in [-0.2, -0.15) is 0 Å². The van der Waals surface area contributed by atoms with Crippen LogP contribution in [0.4, 0.5) is 10.1 Å². The fraction of sp³-hybridized carbons (Fsp3) is 0.133. The molecule has 0 heterocycles. The second kappa shape index (κ2) is 6.06. The Bertz CT molecular complexity index is 608. The molecule has 0 aliphatic heterocycles. The molecule has 2 aromatic rings. The van der Waals surface area contributed by atoms with Crippen LogP contribution >= 0.6 is 0 Å². The maximum Gasteiger partial charge on any atom is 0.262 e. The average Bonchev–Trinajstić information content (AvgIpc) is 2.38. The second-order valence-corrected chi connectivity index (χ2v) is 4.32. The van der Waals surface area contributed by atoms with Crippen LogP contribution in [0.15, 0.2) is 42.5 Å². The van der Waals surface area contributed by atoms with Crippen molar-refractivity contribution in [1.82, 2.24) is 0 Å². The van der Waals surface area contributed by atoms with Crippen molar-refractivity contribution in [3.05, 3.63) is 53.8 Å². The Morgan fingerprint density at radius 2 is 2.05 bits per heavy atom. The van der Waals surface area contributed by atoms with Crippen molar-refractivity contribution in [2.24, 2.45) is 0 Å². The average molecular weight is 275 g/mol. The van der Waals surface area contributed by atoms with Crippen LogP contribution in [0, 0.1) is 12.7 Å². The highest BCUT2D eigenvalue weighted by molar-refractivity contribution is 5.91. The van der Waals surface area contributed by atoms with E-state index in [1.54, 1.807) is 25.1 Å². The van der Waals surface area contributed by atoms with Crippen LogP contribution in [0.1, 0.15) is 5.56 Å². The van der Waals surface area contributed by atoms with E-state index in [0.717, 1.165) is 5.56 Å². The number of amides is 1. The first-order valence-electron chi connectivity index (χ1n) is 6.02. The van der Waals surface area contributed by atoms with Crippen LogP contribution in [0.25, 0.3) is 0 Å². The fourth-order valence-corrected chi connectivity index (χ4v) is 1.71. The molecule has 0 fully saturated rings. The van der Waals surface area contributed by atoms with E-state index in [2.05, 4.69) is 5.32 Å². The van der Waals surface area contributed by atoms with E-state index in [4.69, 9.17) is 4.74 Å².